The molecule has 0 aliphatic heterocycles. The summed E-state index contributed by atoms with van der Waals surface area (Å²) in [5, 5.41) is 12.5. The lowest BCUT2D eigenvalue weighted by Gasteiger charge is -1.98. The Morgan fingerprint density at radius 3 is 2.70 bits per heavy atom. The molecule has 4 nitrogen and oxygen atoms in total. The Labute approximate surface area is 127 Å². The Kier molecular flexibility index (Phi) is 4.88. The molecule has 1 amide bonds. The normalized spacial score (nSPS) is 11.1. The third-order valence-corrected chi connectivity index (χ3v) is 4.85. The standard InChI is InChI=1S/C14H19N3OS2/c1-5-10-7-11(19-9(10)4)13(18)15-14-17-16-12(20-14)6-8(2)3/h7-8H,5-6H2,1-4H3,(H,15,17,18). The van der Waals surface area contributed by atoms with E-state index >= 15 is 0 Å². The molecule has 1 N–H and O–H groups in total. The fourth-order valence-electron chi connectivity index (χ4n) is 1.88. The predicted octanol–water partition coefficient (Wildman–Crippen LogP) is 3.92. The predicted molar refractivity (Wildman–Crippen MR) is 84.8 cm³/mol. The molecule has 0 bridgehead atoms. The number of hydrogen-bond acceptors (Lipinski definition) is 5. The zero-order chi connectivity index (χ0) is 14.7. The molecule has 0 aromatic carbocycles. The van der Waals surface area contributed by atoms with Crippen molar-refractivity contribution in [1.82, 2.24) is 10.2 Å². The van der Waals surface area contributed by atoms with Crippen molar-refractivity contribution in [3.05, 3.63) is 26.4 Å². The zero-order valence-electron chi connectivity index (χ0n) is 12.2. The van der Waals surface area contributed by atoms with Crippen LogP contribution in [0.1, 0.15) is 45.9 Å². The topological polar surface area (TPSA) is 54.9 Å². The molecule has 0 spiro atoms. The summed E-state index contributed by atoms with van der Waals surface area (Å²) in [7, 11) is 0. The molecule has 2 aromatic heterocycles. The van der Waals surface area contributed by atoms with E-state index in [1.807, 2.05) is 13.0 Å². The number of carbonyl (C=O) groups is 1. The number of nitrogens with zero attached hydrogens (tertiary/aromatic N) is 2. The van der Waals surface area contributed by atoms with Crippen LogP contribution in [0.5, 0.6) is 0 Å². The molecule has 0 unspecified atom stereocenters. The van der Waals surface area contributed by atoms with Gasteiger partial charge in [-0.25, -0.2) is 0 Å². The van der Waals surface area contributed by atoms with Crippen LogP contribution in [0.25, 0.3) is 0 Å². The molecule has 0 saturated heterocycles. The first kappa shape index (κ1) is 15.1. The second kappa shape index (κ2) is 6.45. The highest BCUT2D eigenvalue weighted by Crippen LogP contribution is 2.24. The second-order valence-electron chi connectivity index (χ2n) is 5.10. The fraction of sp³-hybridized carbons (Fsp3) is 0.500. The first-order chi connectivity index (χ1) is 9.49. The Morgan fingerprint density at radius 1 is 1.35 bits per heavy atom. The quantitative estimate of drug-likeness (QED) is 0.910. The molecule has 0 atom stereocenters. The van der Waals surface area contributed by atoms with E-state index in [-0.39, 0.29) is 5.91 Å². The van der Waals surface area contributed by atoms with Gasteiger partial charge in [0.1, 0.15) is 5.01 Å². The highest BCUT2D eigenvalue weighted by Gasteiger charge is 2.14. The van der Waals surface area contributed by atoms with Crippen molar-refractivity contribution >= 4 is 33.7 Å². The summed E-state index contributed by atoms with van der Waals surface area (Å²) in [5.41, 5.74) is 1.23. The molecular weight excluding hydrogens is 290 g/mol. The molecule has 0 radical (unpaired) electrons. The van der Waals surface area contributed by atoms with E-state index in [1.165, 1.54) is 33.1 Å². The van der Waals surface area contributed by atoms with Gasteiger partial charge >= 0.3 is 0 Å². The zero-order valence-corrected chi connectivity index (χ0v) is 13.8. The lowest BCUT2D eigenvalue weighted by atomic mass is 10.1. The van der Waals surface area contributed by atoms with Crippen molar-refractivity contribution in [2.75, 3.05) is 5.32 Å². The number of nitrogens with one attached hydrogen (secondary N) is 1. The number of carbonyl (C=O) groups excluding carboxylic acids is 1. The molecule has 2 rings (SSSR count). The Hall–Kier alpha value is -1.27. The first-order valence-electron chi connectivity index (χ1n) is 6.72. The van der Waals surface area contributed by atoms with Gasteiger partial charge < -0.3 is 0 Å². The first-order valence-corrected chi connectivity index (χ1v) is 8.36. The van der Waals surface area contributed by atoms with Crippen LogP contribution in [0.4, 0.5) is 5.13 Å². The summed E-state index contributed by atoms with van der Waals surface area (Å²) < 4.78 is 0. The summed E-state index contributed by atoms with van der Waals surface area (Å²) >= 11 is 2.98. The van der Waals surface area contributed by atoms with Gasteiger partial charge in [0.05, 0.1) is 4.88 Å². The average Bonchev–Trinajstić information content (AvgIpc) is 2.95. The molecule has 6 heteroatoms. The minimum Gasteiger partial charge on any atom is -0.296 e. The van der Waals surface area contributed by atoms with Gasteiger partial charge in [0.15, 0.2) is 0 Å². The van der Waals surface area contributed by atoms with Crippen LogP contribution in [0.3, 0.4) is 0 Å². The van der Waals surface area contributed by atoms with E-state index < -0.39 is 0 Å². The van der Waals surface area contributed by atoms with Gasteiger partial charge in [0.2, 0.25) is 5.13 Å². The van der Waals surface area contributed by atoms with Crippen molar-refractivity contribution in [3.8, 4) is 0 Å². The number of aryl methyl sites for hydroxylation is 2. The number of rotatable bonds is 5. The molecule has 2 heterocycles. The monoisotopic (exact) mass is 309 g/mol. The maximum atomic E-state index is 12.2. The number of thiophene rings is 1. The van der Waals surface area contributed by atoms with Crippen LogP contribution in [-0.2, 0) is 12.8 Å². The number of hydrogen-bond donors (Lipinski definition) is 1. The van der Waals surface area contributed by atoms with Crippen molar-refractivity contribution in [1.29, 1.82) is 0 Å². The average molecular weight is 309 g/mol. The second-order valence-corrected chi connectivity index (χ2v) is 7.42. The summed E-state index contributed by atoms with van der Waals surface area (Å²) in [6.07, 6.45) is 1.85. The third-order valence-electron chi connectivity index (χ3n) is 2.90. The van der Waals surface area contributed by atoms with Crippen LogP contribution < -0.4 is 5.32 Å². The molecule has 108 valence electrons. The highest BCUT2D eigenvalue weighted by atomic mass is 32.1. The number of amides is 1. The maximum absolute atomic E-state index is 12.2. The van der Waals surface area contributed by atoms with E-state index in [4.69, 9.17) is 0 Å². The van der Waals surface area contributed by atoms with Crippen molar-refractivity contribution < 1.29 is 4.79 Å². The Bertz CT molecular complexity index is 601. The van der Waals surface area contributed by atoms with Gasteiger partial charge in [-0.15, -0.1) is 21.5 Å². The molecule has 0 saturated carbocycles. The van der Waals surface area contributed by atoms with Gasteiger partial charge in [0, 0.05) is 11.3 Å². The lowest BCUT2D eigenvalue weighted by molar-refractivity contribution is 0.103. The van der Waals surface area contributed by atoms with Crippen molar-refractivity contribution in [3.63, 3.8) is 0 Å². The Balaban J connectivity index is 2.05. The van der Waals surface area contributed by atoms with E-state index in [0.717, 1.165) is 22.7 Å². The van der Waals surface area contributed by atoms with Gasteiger partial charge in [0.25, 0.3) is 5.91 Å². The highest BCUT2D eigenvalue weighted by molar-refractivity contribution is 7.16. The van der Waals surface area contributed by atoms with Crippen molar-refractivity contribution in [2.24, 2.45) is 5.92 Å². The van der Waals surface area contributed by atoms with Crippen LogP contribution in [0.15, 0.2) is 6.07 Å². The van der Waals surface area contributed by atoms with E-state index in [1.54, 1.807) is 0 Å². The molecular formula is C14H19N3OS2. The maximum Gasteiger partial charge on any atom is 0.267 e. The molecule has 0 aliphatic rings. The smallest absolute Gasteiger partial charge is 0.267 e. The minimum absolute atomic E-state index is 0.0925. The van der Waals surface area contributed by atoms with Crippen molar-refractivity contribution in [2.45, 2.75) is 40.5 Å². The van der Waals surface area contributed by atoms with Gasteiger partial charge in [-0.05, 0) is 30.9 Å². The summed E-state index contributed by atoms with van der Waals surface area (Å²) in [6.45, 7) is 8.42. The molecule has 0 fully saturated rings. The van der Waals surface area contributed by atoms with Gasteiger partial charge in [-0.3, -0.25) is 10.1 Å². The summed E-state index contributed by atoms with van der Waals surface area (Å²) in [5.74, 6) is 0.448. The third kappa shape index (κ3) is 3.64. The van der Waals surface area contributed by atoms with E-state index in [2.05, 4.69) is 36.3 Å². The van der Waals surface area contributed by atoms with Crippen LogP contribution >= 0.6 is 22.7 Å². The summed E-state index contributed by atoms with van der Waals surface area (Å²) in [4.78, 5) is 14.1. The molecule has 20 heavy (non-hydrogen) atoms. The molecule has 2 aromatic rings. The molecule has 0 aliphatic carbocycles. The number of anilines is 1. The van der Waals surface area contributed by atoms with Crippen LogP contribution in [-0.4, -0.2) is 16.1 Å². The largest absolute Gasteiger partial charge is 0.296 e. The van der Waals surface area contributed by atoms with E-state index in [9.17, 15) is 4.79 Å². The SMILES string of the molecule is CCc1cc(C(=O)Nc2nnc(CC(C)C)s2)sc1C. The van der Waals surface area contributed by atoms with Crippen LogP contribution in [0, 0.1) is 12.8 Å². The fourth-order valence-corrected chi connectivity index (χ4v) is 3.83. The lowest BCUT2D eigenvalue weighted by Crippen LogP contribution is -2.09. The van der Waals surface area contributed by atoms with Crippen LogP contribution in [0.2, 0.25) is 0 Å². The Morgan fingerprint density at radius 2 is 2.10 bits per heavy atom. The number of aromatic nitrogens is 2. The minimum atomic E-state index is -0.0925. The van der Waals surface area contributed by atoms with Gasteiger partial charge in [-0.2, -0.15) is 0 Å². The van der Waals surface area contributed by atoms with Gasteiger partial charge in [-0.1, -0.05) is 32.1 Å². The summed E-state index contributed by atoms with van der Waals surface area (Å²) in [6, 6.07) is 1.96. The van der Waals surface area contributed by atoms with E-state index in [0.29, 0.717) is 11.0 Å².